The molecule has 1 N–H and O–H groups in total. The Bertz CT molecular complexity index is 923. The molecule has 0 bridgehead atoms. The van der Waals surface area contributed by atoms with E-state index in [9.17, 15) is 9.18 Å². The average molecular weight is 417 g/mol. The highest BCUT2D eigenvalue weighted by Gasteiger charge is 2.20. The van der Waals surface area contributed by atoms with Crippen LogP contribution in [0.3, 0.4) is 0 Å². The van der Waals surface area contributed by atoms with Crippen LogP contribution in [0.5, 0.6) is 5.75 Å². The number of amides is 1. The molecule has 1 aliphatic rings. The fourth-order valence-electron chi connectivity index (χ4n) is 3.33. The molecule has 152 valence electrons. The number of carbonyl (C=O) groups is 1. The third kappa shape index (κ3) is 5.67. The predicted molar refractivity (Wildman–Crippen MR) is 109 cm³/mol. The van der Waals surface area contributed by atoms with Crippen LogP contribution in [0, 0.1) is 17.1 Å². The minimum atomic E-state index is -0.283. The van der Waals surface area contributed by atoms with Crippen LogP contribution >= 0.6 is 11.6 Å². The number of anilines is 1. The molecular formula is C21H22ClFN4O2. The molecule has 8 heteroatoms. The predicted octanol–water partition coefficient (Wildman–Crippen LogP) is 3.12. The summed E-state index contributed by atoms with van der Waals surface area (Å²) in [5.74, 6) is 0.195. The Labute approximate surface area is 174 Å². The molecule has 1 aliphatic heterocycles. The monoisotopic (exact) mass is 416 g/mol. The summed E-state index contributed by atoms with van der Waals surface area (Å²) in [6.07, 6.45) is 0. The molecule has 0 aliphatic carbocycles. The zero-order valence-electron chi connectivity index (χ0n) is 16.1. The van der Waals surface area contributed by atoms with Crippen molar-refractivity contribution in [2.24, 2.45) is 0 Å². The van der Waals surface area contributed by atoms with Gasteiger partial charge in [-0.05, 0) is 36.4 Å². The van der Waals surface area contributed by atoms with E-state index in [1.165, 1.54) is 12.1 Å². The Balaban J connectivity index is 1.51. The van der Waals surface area contributed by atoms with Gasteiger partial charge in [0.25, 0.3) is 0 Å². The lowest BCUT2D eigenvalue weighted by Crippen LogP contribution is -2.48. The summed E-state index contributed by atoms with van der Waals surface area (Å²) < 4.78 is 18.9. The van der Waals surface area contributed by atoms with Crippen molar-refractivity contribution in [3.05, 3.63) is 58.4 Å². The number of hydrogen-bond donors (Lipinski definition) is 1. The SMILES string of the molecule is COc1ccc(F)cc1CN1CCN(CC(=O)Nc2cc(Cl)ccc2C#N)CC1. The normalized spacial score (nSPS) is 15.0. The second kappa shape index (κ2) is 9.70. The minimum Gasteiger partial charge on any atom is -0.496 e. The fraction of sp³-hybridized carbons (Fsp3) is 0.333. The lowest BCUT2D eigenvalue weighted by atomic mass is 10.1. The van der Waals surface area contributed by atoms with Crippen LogP contribution in [0.2, 0.25) is 5.02 Å². The number of piperazine rings is 1. The van der Waals surface area contributed by atoms with E-state index in [2.05, 4.69) is 10.2 Å². The van der Waals surface area contributed by atoms with Gasteiger partial charge in [-0.1, -0.05) is 11.6 Å². The second-order valence-corrected chi connectivity index (χ2v) is 7.29. The number of carbonyl (C=O) groups excluding carboxylic acids is 1. The lowest BCUT2D eigenvalue weighted by molar-refractivity contribution is -0.117. The molecule has 0 aromatic heterocycles. The van der Waals surface area contributed by atoms with E-state index in [4.69, 9.17) is 21.6 Å². The Morgan fingerprint density at radius 3 is 2.62 bits per heavy atom. The van der Waals surface area contributed by atoms with Crippen LogP contribution in [0.25, 0.3) is 0 Å². The Morgan fingerprint density at radius 1 is 1.21 bits per heavy atom. The summed E-state index contributed by atoms with van der Waals surface area (Å²) in [6.45, 7) is 3.77. The van der Waals surface area contributed by atoms with Gasteiger partial charge >= 0.3 is 0 Å². The molecule has 1 saturated heterocycles. The van der Waals surface area contributed by atoms with Crippen LogP contribution < -0.4 is 10.1 Å². The number of hydrogen-bond acceptors (Lipinski definition) is 5. The van der Waals surface area contributed by atoms with Crippen molar-refractivity contribution in [3.63, 3.8) is 0 Å². The molecule has 0 spiro atoms. The van der Waals surface area contributed by atoms with E-state index in [0.29, 0.717) is 41.7 Å². The van der Waals surface area contributed by atoms with E-state index >= 15 is 0 Å². The van der Waals surface area contributed by atoms with Gasteiger partial charge in [-0.25, -0.2) is 4.39 Å². The van der Waals surface area contributed by atoms with Crippen molar-refractivity contribution >= 4 is 23.2 Å². The standard InChI is InChI=1S/C21H22ClFN4O2/c1-29-20-5-4-18(23)10-16(20)13-26-6-8-27(9-7-26)14-21(28)25-19-11-17(22)3-2-15(19)12-24/h2-5,10-11H,6-9,13-14H2,1H3,(H,25,28). The van der Waals surface area contributed by atoms with Crippen LogP contribution in [-0.2, 0) is 11.3 Å². The molecule has 0 unspecified atom stereocenters. The van der Waals surface area contributed by atoms with E-state index in [0.717, 1.165) is 18.7 Å². The number of rotatable bonds is 6. The van der Waals surface area contributed by atoms with Gasteiger partial charge < -0.3 is 10.1 Å². The highest BCUT2D eigenvalue weighted by atomic mass is 35.5. The van der Waals surface area contributed by atoms with Gasteiger partial charge in [-0.3, -0.25) is 14.6 Å². The van der Waals surface area contributed by atoms with E-state index in [1.54, 1.807) is 31.4 Å². The lowest BCUT2D eigenvalue weighted by Gasteiger charge is -2.34. The molecule has 1 heterocycles. The van der Waals surface area contributed by atoms with Gasteiger partial charge in [0.2, 0.25) is 5.91 Å². The van der Waals surface area contributed by atoms with Crippen molar-refractivity contribution in [2.75, 3.05) is 45.2 Å². The summed E-state index contributed by atoms with van der Waals surface area (Å²) in [4.78, 5) is 16.6. The smallest absolute Gasteiger partial charge is 0.238 e. The Morgan fingerprint density at radius 2 is 1.93 bits per heavy atom. The first-order valence-corrected chi connectivity index (χ1v) is 9.63. The second-order valence-electron chi connectivity index (χ2n) is 6.86. The van der Waals surface area contributed by atoms with Crippen LogP contribution in [0.1, 0.15) is 11.1 Å². The fourth-order valence-corrected chi connectivity index (χ4v) is 3.50. The first kappa shape index (κ1) is 21.1. The molecule has 6 nitrogen and oxygen atoms in total. The van der Waals surface area contributed by atoms with Gasteiger partial charge in [0.15, 0.2) is 0 Å². The highest BCUT2D eigenvalue weighted by Crippen LogP contribution is 2.22. The summed E-state index contributed by atoms with van der Waals surface area (Å²) >= 11 is 5.95. The maximum atomic E-state index is 13.5. The number of ether oxygens (including phenoxy) is 1. The van der Waals surface area contributed by atoms with Crippen molar-refractivity contribution < 1.29 is 13.9 Å². The van der Waals surface area contributed by atoms with Gasteiger partial charge in [-0.15, -0.1) is 0 Å². The number of nitrogens with one attached hydrogen (secondary N) is 1. The molecule has 1 amide bonds. The summed E-state index contributed by atoms with van der Waals surface area (Å²) in [6, 6.07) is 11.3. The highest BCUT2D eigenvalue weighted by molar-refractivity contribution is 6.31. The molecular weight excluding hydrogens is 395 g/mol. The molecule has 0 radical (unpaired) electrons. The van der Waals surface area contributed by atoms with Gasteiger partial charge in [0.05, 0.1) is 24.9 Å². The molecule has 0 atom stereocenters. The average Bonchev–Trinajstić information content (AvgIpc) is 2.70. The third-order valence-corrected chi connectivity index (χ3v) is 5.08. The van der Waals surface area contributed by atoms with Gasteiger partial charge in [0.1, 0.15) is 17.6 Å². The Hall–Kier alpha value is -2.66. The molecule has 29 heavy (non-hydrogen) atoms. The van der Waals surface area contributed by atoms with Crippen molar-refractivity contribution in [1.29, 1.82) is 5.26 Å². The summed E-state index contributed by atoms with van der Waals surface area (Å²) in [5.41, 5.74) is 1.60. The summed E-state index contributed by atoms with van der Waals surface area (Å²) in [7, 11) is 1.57. The zero-order valence-corrected chi connectivity index (χ0v) is 16.9. The first-order valence-electron chi connectivity index (χ1n) is 9.25. The first-order chi connectivity index (χ1) is 14.0. The number of nitrogens with zero attached hydrogens (tertiary/aromatic N) is 3. The Kier molecular flexibility index (Phi) is 7.04. The number of benzene rings is 2. The van der Waals surface area contributed by atoms with Gasteiger partial charge in [-0.2, -0.15) is 5.26 Å². The van der Waals surface area contributed by atoms with Crippen LogP contribution in [0.4, 0.5) is 10.1 Å². The van der Waals surface area contributed by atoms with Crippen molar-refractivity contribution in [3.8, 4) is 11.8 Å². The van der Waals surface area contributed by atoms with E-state index in [1.807, 2.05) is 11.0 Å². The quantitative estimate of drug-likeness (QED) is 0.783. The van der Waals surface area contributed by atoms with Gasteiger partial charge in [0, 0.05) is 43.3 Å². The number of nitriles is 1. The van der Waals surface area contributed by atoms with Crippen molar-refractivity contribution in [1.82, 2.24) is 9.80 Å². The minimum absolute atomic E-state index is 0.191. The third-order valence-electron chi connectivity index (χ3n) is 4.84. The molecule has 2 aromatic carbocycles. The molecule has 2 aromatic rings. The zero-order chi connectivity index (χ0) is 20.8. The van der Waals surface area contributed by atoms with Crippen molar-refractivity contribution in [2.45, 2.75) is 6.54 Å². The largest absolute Gasteiger partial charge is 0.496 e. The summed E-state index contributed by atoms with van der Waals surface area (Å²) in [5, 5.41) is 12.4. The topological polar surface area (TPSA) is 68.6 Å². The maximum Gasteiger partial charge on any atom is 0.238 e. The van der Waals surface area contributed by atoms with Crippen LogP contribution in [-0.4, -0.2) is 55.5 Å². The van der Waals surface area contributed by atoms with Crippen LogP contribution in [0.15, 0.2) is 36.4 Å². The number of methoxy groups -OCH3 is 1. The number of halogens is 2. The van der Waals surface area contributed by atoms with E-state index in [-0.39, 0.29) is 18.3 Å². The molecule has 1 fully saturated rings. The maximum absolute atomic E-state index is 13.5. The molecule has 3 rings (SSSR count). The molecule has 0 saturated carbocycles. The van der Waals surface area contributed by atoms with E-state index < -0.39 is 0 Å².